The Bertz CT molecular complexity index is 375. The van der Waals surface area contributed by atoms with Crippen molar-refractivity contribution in [2.75, 3.05) is 13.6 Å². The van der Waals surface area contributed by atoms with Crippen molar-refractivity contribution < 1.29 is 4.79 Å². The largest absolute Gasteiger partial charge is 0.303 e. The number of aldehydes is 1. The van der Waals surface area contributed by atoms with Crippen LogP contribution in [0.2, 0.25) is 0 Å². The fourth-order valence-electron chi connectivity index (χ4n) is 1.98. The van der Waals surface area contributed by atoms with Gasteiger partial charge in [-0.25, -0.2) is 0 Å². The molecule has 1 atom stereocenters. The van der Waals surface area contributed by atoms with Gasteiger partial charge < -0.3 is 9.69 Å². The van der Waals surface area contributed by atoms with Crippen LogP contribution in [0.5, 0.6) is 0 Å². The van der Waals surface area contributed by atoms with Gasteiger partial charge in [-0.15, -0.1) is 0 Å². The predicted molar refractivity (Wildman–Crippen MR) is 72.0 cm³/mol. The van der Waals surface area contributed by atoms with Crippen LogP contribution in [0.25, 0.3) is 0 Å². The number of benzene rings is 1. The first-order chi connectivity index (χ1) is 8.00. The standard InChI is InChI=1S/C15H23NO/c1-5-15(3,12-17)11-16(4)10-14-9-7-6-8-13(14)2/h6-9,12H,5,10-11H2,1-4H3. The number of carbonyl (C=O) groups is 1. The van der Waals surface area contributed by atoms with E-state index in [4.69, 9.17) is 0 Å². The Morgan fingerprint density at radius 2 is 2.00 bits per heavy atom. The number of aryl methyl sites for hydroxylation is 1. The summed E-state index contributed by atoms with van der Waals surface area (Å²) in [6, 6.07) is 8.40. The quantitative estimate of drug-likeness (QED) is 0.704. The molecule has 1 aromatic rings. The van der Waals surface area contributed by atoms with Crippen LogP contribution in [0.4, 0.5) is 0 Å². The van der Waals surface area contributed by atoms with Gasteiger partial charge in [0.15, 0.2) is 0 Å². The molecule has 0 radical (unpaired) electrons. The molecule has 0 fully saturated rings. The van der Waals surface area contributed by atoms with Crippen LogP contribution >= 0.6 is 0 Å². The second-order valence-electron chi connectivity index (χ2n) is 5.22. The number of carbonyl (C=O) groups excluding carboxylic acids is 1. The summed E-state index contributed by atoms with van der Waals surface area (Å²) in [6.07, 6.45) is 1.97. The highest BCUT2D eigenvalue weighted by Crippen LogP contribution is 2.20. The molecule has 0 aliphatic carbocycles. The van der Waals surface area contributed by atoms with Gasteiger partial charge in [0.1, 0.15) is 6.29 Å². The number of nitrogens with zero attached hydrogens (tertiary/aromatic N) is 1. The smallest absolute Gasteiger partial charge is 0.127 e. The zero-order valence-corrected chi connectivity index (χ0v) is 11.4. The number of hydrogen-bond donors (Lipinski definition) is 0. The molecule has 0 heterocycles. The van der Waals surface area contributed by atoms with E-state index >= 15 is 0 Å². The maximum absolute atomic E-state index is 11.1. The van der Waals surface area contributed by atoms with Crippen molar-refractivity contribution in [3.8, 4) is 0 Å². The van der Waals surface area contributed by atoms with E-state index in [1.807, 2.05) is 6.92 Å². The molecule has 17 heavy (non-hydrogen) atoms. The summed E-state index contributed by atoms with van der Waals surface area (Å²) in [5, 5.41) is 0. The lowest BCUT2D eigenvalue weighted by atomic mass is 9.89. The molecule has 0 aromatic heterocycles. The van der Waals surface area contributed by atoms with Gasteiger partial charge in [0.2, 0.25) is 0 Å². The van der Waals surface area contributed by atoms with Crippen molar-refractivity contribution in [2.45, 2.75) is 33.7 Å². The highest BCUT2D eigenvalue weighted by Gasteiger charge is 2.23. The van der Waals surface area contributed by atoms with Gasteiger partial charge in [0.25, 0.3) is 0 Å². The van der Waals surface area contributed by atoms with E-state index in [1.165, 1.54) is 11.1 Å². The third-order valence-electron chi connectivity index (χ3n) is 3.42. The molecule has 1 rings (SSSR count). The van der Waals surface area contributed by atoms with Gasteiger partial charge in [-0.3, -0.25) is 0 Å². The van der Waals surface area contributed by atoms with Crippen molar-refractivity contribution in [1.29, 1.82) is 0 Å². The summed E-state index contributed by atoms with van der Waals surface area (Å²) in [5.41, 5.74) is 2.42. The zero-order valence-electron chi connectivity index (χ0n) is 11.4. The molecule has 0 aliphatic rings. The van der Waals surface area contributed by atoms with Gasteiger partial charge in [0, 0.05) is 18.5 Å². The third kappa shape index (κ3) is 3.97. The Balaban J connectivity index is 2.64. The van der Waals surface area contributed by atoms with Crippen LogP contribution in [-0.2, 0) is 11.3 Å². The van der Waals surface area contributed by atoms with Crippen LogP contribution in [0, 0.1) is 12.3 Å². The van der Waals surface area contributed by atoms with Gasteiger partial charge in [-0.05, 0) is 31.5 Å². The van der Waals surface area contributed by atoms with Crippen LogP contribution in [0.15, 0.2) is 24.3 Å². The summed E-state index contributed by atoms with van der Waals surface area (Å²) in [5.74, 6) is 0. The first-order valence-corrected chi connectivity index (χ1v) is 6.20. The fraction of sp³-hybridized carbons (Fsp3) is 0.533. The van der Waals surface area contributed by atoms with Crippen molar-refractivity contribution in [3.63, 3.8) is 0 Å². The van der Waals surface area contributed by atoms with Crippen LogP contribution < -0.4 is 0 Å². The molecule has 2 heteroatoms. The number of rotatable bonds is 6. The molecule has 1 aromatic carbocycles. The van der Waals surface area contributed by atoms with Gasteiger partial charge in [0.05, 0.1) is 0 Å². The molecule has 1 unspecified atom stereocenters. The highest BCUT2D eigenvalue weighted by atomic mass is 16.1. The molecular formula is C15H23NO. The minimum atomic E-state index is -0.225. The molecule has 0 spiro atoms. The highest BCUT2D eigenvalue weighted by molar-refractivity contribution is 5.58. The molecule has 0 saturated carbocycles. The Labute approximate surface area is 105 Å². The maximum Gasteiger partial charge on any atom is 0.127 e. The van der Waals surface area contributed by atoms with Crippen LogP contribution in [0.1, 0.15) is 31.4 Å². The Kier molecular flexibility index (Phi) is 4.88. The summed E-state index contributed by atoms with van der Waals surface area (Å²) >= 11 is 0. The van der Waals surface area contributed by atoms with Gasteiger partial charge >= 0.3 is 0 Å². The van der Waals surface area contributed by atoms with E-state index in [0.29, 0.717) is 0 Å². The average molecular weight is 233 g/mol. The summed E-state index contributed by atoms with van der Waals surface area (Å²) in [6.45, 7) is 7.92. The van der Waals surface area contributed by atoms with E-state index in [-0.39, 0.29) is 5.41 Å². The molecule has 2 nitrogen and oxygen atoms in total. The lowest BCUT2D eigenvalue weighted by Crippen LogP contribution is -2.34. The monoisotopic (exact) mass is 233 g/mol. The first kappa shape index (κ1) is 13.9. The van der Waals surface area contributed by atoms with E-state index in [9.17, 15) is 4.79 Å². The van der Waals surface area contributed by atoms with Crippen molar-refractivity contribution in [1.82, 2.24) is 4.90 Å². The first-order valence-electron chi connectivity index (χ1n) is 6.20. The fourth-order valence-corrected chi connectivity index (χ4v) is 1.98. The Morgan fingerprint density at radius 1 is 1.35 bits per heavy atom. The maximum atomic E-state index is 11.1. The summed E-state index contributed by atoms with van der Waals surface area (Å²) in [7, 11) is 2.07. The lowest BCUT2D eigenvalue weighted by molar-refractivity contribution is -0.116. The second-order valence-corrected chi connectivity index (χ2v) is 5.22. The van der Waals surface area contributed by atoms with Gasteiger partial charge in [-0.2, -0.15) is 0 Å². The molecule has 94 valence electrons. The van der Waals surface area contributed by atoms with E-state index in [0.717, 1.165) is 25.8 Å². The van der Waals surface area contributed by atoms with Crippen molar-refractivity contribution in [3.05, 3.63) is 35.4 Å². The van der Waals surface area contributed by atoms with Crippen LogP contribution in [0.3, 0.4) is 0 Å². The van der Waals surface area contributed by atoms with Crippen LogP contribution in [-0.4, -0.2) is 24.8 Å². The predicted octanol–water partition coefficient (Wildman–Crippen LogP) is 3.04. The molecule has 0 amide bonds. The Hall–Kier alpha value is -1.15. The summed E-state index contributed by atoms with van der Waals surface area (Å²) < 4.78 is 0. The topological polar surface area (TPSA) is 20.3 Å². The Morgan fingerprint density at radius 3 is 2.53 bits per heavy atom. The van der Waals surface area contributed by atoms with E-state index < -0.39 is 0 Å². The summed E-state index contributed by atoms with van der Waals surface area (Å²) in [4.78, 5) is 13.3. The average Bonchev–Trinajstić information content (AvgIpc) is 2.32. The molecule has 0 N–H and O–H groups in total. The van der Waals surface area contributed by atoms with E-state index in [1.54, 1.807) is 0 Å². The minimum absolute atomic E-state index is 0.225. The zero-order chi connectivity index (χ0) is 12.9. The normalized spacial score (nSPS) is 14.6. The molecule has 0 bridgehead atoms. The molecule has 0 aliphatic heterocycles. The molecular weight excluding hydrogens is 210 g/mol. The van der Waals surface area contributed by atoms with Crippen molar-refractivity contribution >= 4 is 6.29 Å². The second kappa shape index (κ2) is 5.97. The minimum Gasteiger partial charge on any atom is -0.303 e. The number of hydrogen-bond acceptors (Lipinski definition) is 2. The van der Waals surface area contributed by atoms with E-state index in [2.05, 4.69) is 50.1 Å². The van der Waals surface area contributed by atoms with Gasteiger partial charge in [-0.1, -0.05) is 38.1 Å². The third-order valence-corrected chi connectivity index (χ3v) is 3.42. The molecule has 0 saturated heterocycles. The lowest BCUT2D eigenvalue weighted by Gasteiger charge is -2.28. The van der Waals surface area contributed by atoms with Crippen molar-refractivity contribution in [2.24, 2.45) is 5.41 Å². The SMILES string of the molecule is CCC(C)(C=O)CN(C)Cc1ccccc1C.